The molecule has 0 saturated heterocycles. The first-order valence-corrected chi connectivity index (χ1v) is 6.95. The molecule has 1 aromatic heterocycles. The minimum absolute atomic E-state index is 0.0425. The predicted octanol–water partition coefficient (Wildman–Crippen LogP) is 3.06. The second-order valence-corrected chi connectivity index (χ2v) is 5.34. The lowest BCUT2D eigenvalue weighted by Crippen LogP contribution is -2.03. The number of Topliss-reactive ketones (excluding diaryl/α,β-unsaturated/α-hetero) is 1. The number of ketones is 1. The molecule has 0 aliphatic heterocycles. The van der Waals surface area contributed by atoms with E-state index in [4.69, 9.17) is 11.0 Å². The molecule has 0 aliphatic rings. The molecule has 4 heteroatoms. The van der Waals surface area contributed by atoms with Crippen LogP contribution in [0, 0.1) is 11.3 Å². The maximum Gasteiger partial charge on any atom is 0.169 e. The first-order valence-electron chi connectivity index (χ1n) is 6.95. The minimum Gasteiger partial charge on any atom is -0.399 e. The van der Waals surface area contributed by atoms with Gasteiger partial charge in [0.05, 0.1) is 11.6 Å². The molecule has 4 nitrogen and oxygen atoms in total. The molecule has 3 rings (SSSR count). The molecule has 0 bridgehead atoms. The second-order valence-electron chi connectivity index (χ2n) is 5.34. The normalized spacial score (nSPS) is 10.5. The molecule has 0 unspecified atom stereocenters. The molecule has 108 valence electrons. The molecule has 0 saturated carbocycles. The lowest BCUT2D eigenvalue weighted by Gasteiger charge is -2.01. The van der Waals surface area contributed by atoms with Gasteiger partial charge in [-0.1, -0.05) is 12.1 Å². The molecule has 0 amide bonds. The van der Waals surface area contributed by atoms with E-state index in [1.54, 1.807) is 12.1 Å². The monoisotopic (exact) mass is 289 g/mol. The number of rotatable bonds is 3. The van der Waals surface area contributed by atoms with Gasteiger partial charge in [0.2, 0.25) is 0 Å². The van der Waals surface area contributed by atoms with E-state index >= 15 is 0 Å². The Labute approximate surface area is 128 Å². The van der Waals surface area contributed by atoms with Crippen LogP contribution in [-0.2, 0) is 13.5 Å². The van der Waals surface area contributed by atoms with E-state index in [0.717, 1.165) is 16.5 Å². The van der Waals surface area contributed by atoms with Crippen LogP contribution in [0.2, 0.25) is 0 Å². The zero-order valence-electron chi connectivity index (χ0n) is 12.2. The average Bonchev–Trinajstić information content (AvgIpc) is 2.84. The van der Waals surface area contributed by atoms with Gasteiger partial charge in [-0.2, -0.15) is 5.26 Å². The Hall–Kier alpha value is -3.06. The van der Waals surface area contributed by atoms with E-state index in [-0.39, 0.29) is 5.78 Å². The number of anilines is 1. The number of fused-ring (bicyclic) bond motifs is 1. The predicted molar refractivity (Wildman–Crippen MR) is 86.5 cm³/mol. The maximum absolute atomic E-state index is 12.6. The van der Waals surface area contributed by atoms with Gasteiger partial charge in [0.25, 0.3) is 0 Å². The van der Waals surface area contributed by atoms with Crippen molar-refractivity contribution in [2.24, 2.45) is 7.05 Å². The first kappa shape index (κ1) is 13.9. The Kier molecular flexibility index (Phi) is 3.40. The van der Waals surface area contributed by atoms with Crippen molar-refractivity contribution < 1.29 is 4.79 Å². The first-order chi connectivity index (χ1) is 10.6. The van der Waals surface area contributed by atoms with Gasteiger partial charge in [0.1, 0.15) is 0 Å². The van der Waals surface area contributed by atoms with Gasteiger partial charge in [-0.3, -0.25) is 4.79 Å². The maximum atomic E-state index is 12.6. The fourth-order valence-electron chi connectivity index (χ4n) is 2.61. The molecule has 0 spiro atoms. The zero-order chi connectivity index (χ0) is 15.7. The number of aryl methyl sites for hydroxylation is 1. The highest BCUT2D eigenvalue weighted by Gasteiger charge is 2.14. The second kappa shape index (κ2) is 5.38. The summed E-state index contributed by atoms with van der Waals surface area (Å²) in [5.41, 5.74) is 9.62. The summed E-state index contributed by atoms with van der Waals surface area (Å²) in [6.07, 6.45) is 2.15. The smallest absolute Gasteiger partial charge is 0.169 e. The Morgan fingerprint density at radius 1 is 1.23 bits per heavy atom. The van der Waals surface area contributed by atoms with Crippen LogP contribution in [0.15, 0.2) is 48.7 Å². The number of nitriles is 1. The SMILES string of the molecule is Cn1cc(C(=O)Cc2ccc(C#N)cc2)c2cc(N)ccc21. The van der Waals surface area contributed by atoms with Gasteiger partial charge < -0.3 is 10.3 Å². The number of hydrogen-bond acceptors (Lipinski definition) is 3. The molecular formula is C18H15N3O. The van der Waals surface area contributed by atoms with Gasteiger partial charge in [0, 0.05) is 41.8 Å². The number of carbonyl (C=O) groups excluding carboxylic acids is 1. The summed E-state index contributed by atoms with van der Waals surface area (Å²) in [4.78, 5) is 12.6. The van der Waals surface area contributed by atoms with Gasteiger partial charge in [-0.25, -0.2) is 0 Å². The summed E-state index contributed by atoms with van der Waals surface area (Å²) in [6.45, 7) is 0. The molecule has 0 fully saturated rings. The van der Waals surface area contributed by atoms with E-state index in [0.29, 0.717) is 23.2 Å². The molecule has 0 aliphatic carbocycles. The van der Waals surface area contributed by atoms with Crippen LogP contribution in [0.5, 0.6) is 0 Å². The number of carbonyl (C=O) groups is 1. The minimum atomic E-state index is 0.0425. The van der Waals surface area contributed by atoms with Crippen LogP contribution in [0.1, 0.15) is 21.5 Å². The summed E-state index contributed by atoms with van der Waals surface area (Å²) in [5.74, 6) is 0.0425. The molecular weight excluding hydrogens is 274 g/mol. The van der Waals surface area contributed by atoms with Gasteiger partial charge >= 0.3 is 0 Å². The highest BCUT2D eigenvalue weighted by Crippen LogP contribution is 2.24. The quantitative estimate of drug-likeness (QED) is 0.595. The van der Waals surface area contributed by atoms with Crippen LogP contribution < -0.4 is 5.73 Å². The number of nitrogens with two attached hydrogens (primary N) is 1. The largest absolute Gasteiger partial charge is 0.399 e. The Morgan fingerprint density at radius 3 is 2.64 bits per heavy atom. The summed E-state index contributed by atoms with van der Waals surface area (Å²) in [6, 6.07) is 14.7. The van der Waals surface area contributed by atoms with Crippen molar-refractivity contribution in [1.29, 1.82) is 5.26 Å². The number of nitrogens with zero attached hydrogens (tertiary/aromatic N) is 2. The molecule has 1 heterocycles. The van der Waals surface area contributed by atoms with Crippen LogP contribution >= 0.6 is 0 Å². The number of nitrogen functional groups attached to an aromatic ring is 1. The van der Waals surface area contributed by atoms with E-state index in [1.807, 2.05) is 48.1 Å². The Morgan fingerprint density at radius 2 is 1.95 bits per heavy atom. The third-order valence-electron chi connectivity index (χ3n) is 3.76. The van der Waals surface area contributed by atoms with Gasteiger partial charge in [0.15, 0.2) is 5.78 Å². The molecule has 22 heavy (non-hydrogen) atoms. The zero-order valence-corrected chi connectivity index (χ0v) is 12.2. The third-order valence-corrected chi connectivity index (χ3v) is 3.76. The molecule has 2 N–H and O–H groups in total. The number of benzene rings is 2. The highest BCUT2D eigenvalue weighted by molar-refractivity contribution is 6.09. The van der Waals surface area contributed by atoms with Crippen LogP contribution in [0.4, 0.5) is 5.69 Å². The van der Waals surface area contributed by atoms with Gasteiger partial charge in [-0.05, 0) is 35.9 Å². The van der Waals surface area contributed by atoms with E-state index < -0.39 is 0 Å². The van der Waals surface area contributed by atoms with Crippen LogP contribution in [-0.4, -0.2) is 10.4 Å². The van der Waals surface area contributed by atoms with Crippen molar-refractivity contribution in [3.8, 4) is 6.07 Å². The van der Waals surface area contributed by atoms with Crippen LogP contribution in [0.3, 0.4) is 0 Å². The molecule has 2 aromatic carbocycles. The van der Waals surface area contributed by atoms with E-state index in [2.05, 4.69) is 6.07 Å². The van der Waals surface area contributed by atoms with E-state index in [1.165, 1.54) is 0 Å². The van der Waals surface area contributed by atoms with E-state index in [9.17, 15) is 4.79 Å². The standard InChI is InChI=1S/C18H15N3O/c1-21-11-16(15-9-14(20)6-7-17(15)21)18(22)8-12-2-4-13(10-19)5-3-12/h2-7,9,11H,8,20H2,1H3. The van der Waals surface area contributed by atoms with Crippen molar-refractivity contribution >= 4 is 22.4 Å². The fourth-order valence-corrected chi connectivity index (χ4v) is 2.61. The highest BCUT2D eigenvalue weighted by atomic mass is 16.1. The molecule has 0 radical (unpaired) electrons. The topological polar surface area (TPSA) is 71.8 Å². The van der Waals surface area contributed by atoms with Crippen molar-refractivity contribution in [2.45, 2.75) is 6.42 Å². The van der Waals surface area contributed by atoms with Crippen molar-refractivity contribution in [3.63, 3.8) is 0 Å². The van der Waals surface area contributed by atoms with Crippen LogP contribution in [0.25, 0.3) is 10.9 Å². The lowest BCUT2D eigenvalue weighted by atomic mass is 10.0. The van der Waals surface area contributed by atoms with Crippen molar-refractivity contribution in [3.05, 3.63) is 65.4 Å². The number of hydrogen-bond donors (Lipinski definition) is 1. The summed E-state index contributed by atoms with van der Waals surface area (Å²) >= 11 is 0. The molecule has 3 aromatic rings. The number of aromatic nitrogens is 1. The Balaban J connectivity index is 1.95. The third kappa shape index (κ3) is 2.45. The fraction of sp³-hybridized carbons (Fsp3) is 0.111. The van der Waals surface area contributed by atoms with Gasteiger partial charge in [-0.15, -0.1) is 0 Å². The summed E-state index contributed by atoms with van der Waals surface area (Å²) in [7, 11) is 1.91. The van der Waals surface area contributed by atoms with Crippen molar-refractivity contribution in [1.82, 2.24) is 4.57 Å². The summed E-state index contributed by atoms with van der Waals surface area (Å²) in [5, 5.41) is 9.68. The molecule has 0 atom stereocenters. The average molecular weight is 289 g/mol. The van der Waals surface area contributed by atoms with Crippen molar-refractivity contribution in [2.75, 3.05) is 5.73 Å². The Bertz CT molecular complexity index is 898. The summed E-state index contributed by atoms with van der Waals surface area (Å²) < 4.78 is 1.93. The lowest BCUT2D eigenvalue weighted by molar-refractivity contribution is 0.0994.